The molecule has 0 aliphatic rings. The third-order valence-electron chi connectivity index (χ3n) is 1.08. The van der Waals surface area contributed by atoms with Crippen molar-refractivity contribution in [3.63, 3.8) is 0 Å². The topological polar surface area (TPSA) is 21.3 Å². The molecule has 3 heteroatoms. The lowest BCUT2D eigenvalue weighted by molar-refractivity contribution is 0.0621. The van der Waals surface area contributed by atoms with Crippen molar-refractivity contribution >= 4 is 11.3 Å². The average Bonchev–Trinajstić information content (AvgIpc) is 2.50. The number of terminal acetylenes is 1. The molecule has 0 saturated carbocycles. The molecule has 1 N–H and O–H groups in total. The molecule has 0 aromatic carbocycles. The van der Waals surface area contributed by atoms with E-state index >= 15 is 0 Å². The molecule has 0 aliphatic carbocycles. The Balaban J connectivity index is 2.10. The maximum atomic E-state index is 4.98. The monoisotopic (exact) mass is 167 g/mol. The Morgan fingerprint density at radius 3 is 3.27 bits per heavy atom. The maximum absolute atomic E-state index is 4.98. The molecule has 1 rings (SSSR count). The Morgan fingerprint density at radius 2 is 2.64 bits per heavy atom. The molecule has 11 heavy (non-hydrogen) atoms. The highest BCUT2D eigenvalue weighted by Crippen LogP contribution is 2.06. The van der Waals surface area contributed by atoms with E-state index in [0.717, 1.165) is 6.54 Å². The van der Waals surface area contributed by atoms with Crippen molar-refractivity contribution in [2.24, 2.45) is 0 Å². The molecule has 0 bridgehead atoms. The van der Waals surface area contributed by atoms with Crippen LogP contribution in [0.2, 0.25) is 0 Å². The molecule has 0 atom stereocenters. The quantitative estimate of drug-likeness (QED) is 0.416. The second-order valence-corrected chi connectivity index (χ2v) is 2.93. The van der Waals surface area contributed by atoms with Crippen LogP contribution in [0.15, 0.2) is 17.5 Å². The fourth-order valence-electron chi connectivity index (χ4n) is 0.628. The summed E-state index contributed by atoms with van der Waals surface area (Å²) in [6.07, 6.45) is 4.98. The van der Waals surface area contributed by atoms with Crippen LogP contribution in [0.4, 0.5) is 0 Å². The van der Waals surface area contributed by atoms with Crippen LogP contribution in [0, 0.1) is 12.3 Å². The van der Waals surface area contributed by atoms with Gasteiger partial charge in [-0.15, -0.1) is 17.8 Å². The van der Waals surface area contributed by atoms with Crippen LogP contribution in [0.1, 0.15) is 4.88 Å². The van der Waals surface area contributed by atoms with Crippen LogP contribution in [0.3, 0.4) is 0 Å². The standard InChI is InChI=1S/C8H9NOS/c1-2-5-10-9-7-8-4-3-6-11-8/h1,3-4,6,9H,5,7H2. The van der Waals surface area contributed by atoms with E-state index in [9.17, 15) is 0 Å². The summed E-state index contributed by atoms with van der Waals surface area (Å²) in [7, 11) is 0. The number of thiophene rings is 1. The van der Waals surface area contributed by atoms with Crippen molar-refractivity contribution in [3.05, 3.63) is 22.4 Å². The van der Waals surface area contributed by atoms with Gasteiger partial charge < -0.3 is 0 Å². The predicted octanol–water partition coefficient (Wildman–Crippen LogP) is 1.40. The van der Waals surface area contributed by atoms with E-state index in [1.807, 2.05) is 17.5 Å². The summed E-state index contributed by atoms with van der Waals surface area (Å²) in [5.74, 6) is 2.37. The minimum Gasteiger partial charge on any atom is -0.289 e. The summed E-state index contributed by atoms with van der Waals surface area (Å²) in [5.41, 5.74) is 2.76. The van der Waals surface area contributed by atoms with Crippen LogP contribution in [0.25, 0.3) is 0 Å². The first-order chi connectivity index (χ1) is 5.43. The first-order valence-corrected chi connectivity index (χ1v) is 4.12. The van der Waals surface area contributed by atoms with Crippen LogP contribution < -0.4 is 5.48 Å². The van der Waals surface area contributed by atoms with E-state index in [2.05, 4.69) is 11.4 Å². The van der Waals surface area contributed by atoms with E-state index in [0.29, 0.717) is 6.61 Å². The second kappa shape index (κ2) is 4.91. The van der Waals surface area contributed by atoms with Gasteiger partial charge in [-0.05, 0) is 11.4 Å². The molecule has 1 heterocycles. The van der Waals surface area contributed by atoms with Crippen molar-refractivity contribution in [1.29, 1.82) is 0 Å². The molecule has 58 valence electrons. The SMILES string of the molecule is C#CCONCc1cccs1. The van der Waals surface area contributed by atoms with Crippen LogP contribution in [-0.2, 0) is 11.4 Å². The van der Waals surface area contributed by atoms with Gasteiger partial charge in [0, 0.05) is 4.88 Å². The molecule has 0 saturated heterocycles. The van der Waals surface area contributed by atoms with Gasteiger partial charge in [0.25, 0.3) is 0 Å². The lowest BCUT2D eigenvalue weighted by Crippen LogP contribution is -2.13. The largest absolute Gasteiger partial charge is 0.289 e. The molecule has 0 fully saturated rings. The van der Waals surface area contributed by atoms with E-state index in [1.165, 1.54) is 4.88 Å². The van der Waals surface area contributed by atoms with E-state index in [1.54, 1.807) is 11.3 Å². The first-order valence-electron chi connectivity index (χ1n) is 3.24. The van der Waals surface area contributed by atoms with Crippen molar-refractivity contribution in [1.82, 2.24) is 5.48 Å². The number of hydroxylamine groups is 1. The minimum absolute atomic E-state index is 0.311. The summed E-state index contributed by atoms with van der Waals surface area (Å²) in [5, 5.41) is 2.03. The van der Waals surface area contributed by atoms with Crippen LogP contribution in [-0.4, -0.2) is 6.61 Å². The van der Waals surface area contributed by atoms with Gasteiger partial charge in [0.05, 0.1) is 6.54 Å². The summed E-state index contributed by atoms with van der Waals surface area (Å²) < 4.78 is 0. The third-order valence-corrected chi connectivity index (χ3v) is 1.96. The highest BCUT2D eigenvalue weighted by molar-refractivity contribution is 7.09. The Bertz CT molecular complexity index is 225. The van der Waals surface area contributed by atoms with Gasteiger partial charge >= 0.3 is 0 Å². The van der Waals surface area contributed by atoms with Gasteiger partial charge in [0.2, 0.25) is 0 Å². The minimum atomic E-state index is 0.311. The number of hydrogen-bond donors (Lipinski definition) is 1. The Kier molecular flexibility index (Phi) is 3.70. The van der Waals surface area contributed by atoms with Gasteiger partial charge in [-0.1, -0.05) is 12.0 Å². The number of rotatable bonds is 4. The zero-order chi connectivity index (χ0) is 7.94. The molecule has 2 nitrogen and oxygen atoms in total. The van der Waals surface area contributed by atoms with Gasteiger partial charge in [0.1, 0.15) is 6.61 Å². The molecule has 0 radical (unpaired) electrons. The maximum Gasteiger partial charge on any atom is 0.128 e. The zero-order valence-corrected chi connectivity index (χ0v) is 6.86. The van der Waals surface area contributed by atoms with Gasteiger partial charge in [-0.2, -0.15) is 5.48 Å². The van der Waals surface area contributed by atoms with Crippen LogP contribution >= 0.6 is 11.3 Å². The summed E-state index contributed by atoms with van der Waals surface area (Å²) in [6.45, 7) is 1.03. The molecular formula is C8H9NOS. The molecular weight excluding hydrogens is 158 g/mol. The summed E-state index contributed by atoms with van der Waals surface area (Å²) in [6, 6.07) is 4.04. The lowest BCUT2D eigenvalue weighted by atomic mass is 10.5. The van der Waals surface area contributed by atoms with E-state index in [4.69, 9.17) is 11.3 Å². The van der Waals surface area contributed by atoms with Crippen molar-refractivity contribution in [2.45, 2.75) is 6.54 Å². The van der Waals surface area contributed by atoms with Crippen LogP contribution in [0.5, 0.6) is 0 Å². The Morgan fingerprint density at radius 1 is 1.73 bits per heavy atom. The molecule has 0 amide bonds. The highest BCUT2D eigenvalue weighted by atomic mass is 32.1. The molecule has 1 aromatic rings. The summed E-state index contributed by atoms with van der Waals surface area (Å²) in [4.78, 5) is 6.11. The zero-order valence-electron chi connectivity index (χ0n) is 6.04. The first kappa shape index (κ1) is 8.28. The van der Waals surface area contributed by atoms with Crippen molar-refractivity contribution < 1.29 is 4.84 Å². The van der Waals surface area contributed by atoms with Gasteiger partial charge in [-0.25, -0.2) is 0 Å². The average molecular weight is 167 g/mol. The fourth-order valence-corrected chi connectivity index (χ4v) is 1.26. The molecule has 1 aromatic heterocycles. The molecule has 0 unspecified atom stereocenters. The third kappa shape index (κ3) is 3.19. The highest BCUT2D eigenvalue weighted by Gasteiger charge is 1.90. The van der Waals surface area contributed by atoms with Crippen molar-refractivity contribution in [2.75, 3.05) is 6.61 Å². The number of nitrogens with one attached hydrogen (secondary N) is 1. The normalized spacial score (nSPS) is 9.36. The smallest absolute Gasteiger partial charge is 0.128 e. The van der Waals surface area contributed by atoms with E-state index in [-0.39, 0.29) is 0 Å². The summed E-state index contributed by atoms with van der Waals surface area (Å²) >= 11 is 1.69. The molecule has 0 spiro atoms. The van der Waals surface area contributed by atoms with Gasteiger partial charge in [0.15, 0.2) is 0 Å². The second-order valence-electron chi connectivity index (χ2n) is 1.89. The molecule has 0 aliphatic heterocycles. The lowest BCUT2D eigenvalue weighted by Gasteiger charge is -1.98. The predicted molar refractivity (Wildman–Crippen MR) is 45.9 cm³/mol. The Labute approximate surface area is 70.1 Å². The Hall–Kier alpha value is -0.820. The van der Waals surface area contributed by atoms with E-state index < -0.39 is 0 Å². The fraction of sp³-hybridized carbons (Fsp3) is 0.250. The van der Waals surface area contributed by atoms with Crippen molar-refractivity contribution in [3.8, 4) is 12.3 Å². The van der Waals surface area contributed by atoms with Gasteiger partial charge in [-0.3, -0.25) is 4.84 Å². The number of hydrogen-bond acceptors (Lipinski definition) is 3.